The van der Waals surface area contributed by atoms with Crippen molar-refractivity contribution < 1.29 is 8.42 Å². The summed E-state index contributed by atoms with van der Waals surface area (Å²) in [6.07, 6.45) is 0.668. The van der Waals surface area contributed by atoms with Crippen molar-refractivity contribution >= 4 is 37.6 Å². The molecule has 2 aromatic rings. The molecule has 0 aromatic heterocycles. The van der Waals surface area contributed by atoms with E-state index in [0.717, 1.165) is 11.1 Å². The molecule has 0 fully saturated rings. The van der Waals surface area contributed by atoms with E-state index in [2.05, 4.69) is 20.7 Å². The molecule has 3 nitrogen and oxygen atoms in total. The van der Waals surface area contributed by atoms with E-state index < -0.39 is 16.1 Å². The van der Waals surface area contributed by atoms with Gasteiger partial charge in [-0.3, -0.25) is 0 Å². The molecule has 1 aliphatic rings. The van der Waals surface area contributed by atoms with Gasteiger partial charge in [-0.1, -0.05) is 36.4 Å². The second kappa shape index (κ2) is 5.72. The summed E-state index contributed by atoms with van der Waals surface area (Å²) in [5.41, 5.74) is 2.05. The van der Waals surface area contributed by atoms with Gasteiger partial charge in [0.25, 0.3) is 0 Å². The lowest BCUT2D eigenvalue weighted by Gasteiger charge is -2.18. The van der Waals surface area contributed by atoms with Gasteiger partial charge in [0.05, 0.1) is 16.3 Å². The van der Waals surface area contributed by atoms with E-state index >= 15 is 0 Å². The summed E-state index contributed by atoms with van der Waals surface area (Å²) in [4.78, 5) is 0.221. The van der Waals surface area contributed by atoms with Crippen LogP contribution in [0.25, 0.3) is 0 Å². The van der Waals surface area contributed by atoms with Crippen LogP contribution in [0.3, 0.4) is 0 Å². The molecule has 1 aliphatic carbocycles. The largest absolute Gasteiger partial charge is 0.242 e. The summed E-state index contributed by atoms with van der Waals surface area (Å²) in [5.74, 6) is 0. The van der Waals surface area contributed by atoms with Gasteiger partial charge in [0.1, 0.15) is 0 Å². The second-order valence-corrected chi connectivity index (χ2v) is 8.05. The Morgan fingerprint density at radius 1 is 1.10 bits per heavy atom. The number of sulfonamides is 1. The third-order valence-corrected chi connectivity index (χ3v) is 6.43. The fourth-order valence-corrected chi connectivity index (χ4v) is 5.28. The third kappa shape index (κ3) is 2.88. The number of hydrogen-bond acceptors (Lipinski definition) is 2. The molecule has 0 aliphatic heterocycles. The van der Waals surface area contributed by atoms with Gasteiger partial charge in [-0.05, 0) is 45.6 Å². The molecule has 0 saturated carbocycles. The number of hydrogen-bond donors (Lipinski definition) is 1. The zero-order chi connectivity index (χ0) is 15.0. The number of nitrogens with one attached hydrogen (secondary N) is 1. The first kappa shape index (κ1) is 15.0. The number of alkyl halides is 1. The average molecular weight is 387 g/mol. The number of benzene rings is 2. The van der Waals surface area contributed by atoms with Gasteiger partial charge in [-0.2, -0.15) is 0 Å². The molecular weight excluding hydrogens is 374 g/mol. The monoisotopic (exact) mass is 385 g/mol. The predicted molar refractivity (Wildman–Crippen MR) is 87.0 cm³/mol. The Labute approximate surface area is 137 Å². The van der Waals surface area contributed by atoms with Crippen molar-refractivity contribution in [3.05, 3.63) is 64.1 Å². The topological polar surface area (TPSA) is 46.2 Å². The zero-order valence-electron chi connectivity index (χ0n) is 11.0. The fraction of sp³-hybridized carbons (Fsp3) is 0.200. The summed E-state index contributed by atoms with van der Waals surface area (Å²) >= 11 is 9.61. The molecule has 2 atom stereocenters. The molecule has 110 valence electrons. The summed E-state index contributed by atoms with van der Waals surface area (Å²) in [6.45, 7) is 0. The van der Waals surface area contributed by atoms with Crippen molar-refractivity contribution in [1.29, 1.82) is 0 Å². The lowest BCUT2D eigenvalue weighted by molar-refractivity contribution is 0.556. The molecule has 0 amide bonds. The lowest BCUT2D eigenvalue weighted by atomic mass is 10.1. The van der Waals surface area contributed by atoms with E-state index in [1.165, 1.54) is 0 Å². The van der Waals surface area contributed by atoms with Gasteiger partial charge < -0.3 is 0 Å². The number of halogens is 2. The van der Waals surface area contributed by atoms with E-state index in [9.17, 15) is 8.42 Å². The Hall–Kier alpha value is -0.880. The van der Waals surface area contributed by atoms with E-state index in [4.69, 9.17) is 11.6 Å². The molecule has 0 heterocycles. The molecule has 2 unspecified atom stereocenters. The van der Waals surface area contributed by atoms with Crippen LogP contribution in [0.2, 0.25) is 0 Å². The first-order valence-electron chi connectivity index (χ1n) is 6.48. The maximum absolute atomic E-state index is 12.6. The molecule has 6 heteroatoms. The van der Waals surface area contributed by atoms with Crippen molar-refractivity contribution in [3.63, 3.8) is 0 Å². The minimum absolute atomic E-state index is 0.221. The number of rotatable bonds is 3. The van der Waals surface area contributed by atoms with Gasteiger partial charge >= 0.3 is 0 Å². The van der Waals surface area contributed by atoms with Crippen LogP contribution in [0.5, 0.6) is 0 Å². The zero-order valence-corrected chi connectivity index (χ0v) is 14.1. The second-order valence-electron chi connectivity index (χ2n) is 4.95. The predicted octanol–water partition coefficient (Wildman–Crippen LogP) is 3.63. The molecular formula is C15H13BrClNO2S. The highest BCUT2D eigenvalue weighted by atomic mass is 79.9. The fourth-order valence-electron chi connectivity index (χ4n) is 2.58. The normalized spacial score (nSPS) is 21.2. The highest BCUT2D eigenvalue weighted by molar-refractivity contribution is 9.10. The van der Waals surface area contributed by atoms with E-state index in [1.54, 1.807) is 24.3 Å². The van der Waals surface area contributed by atoms with E-state index in [-0.39, 0.29) is 10.3 Å². The van der Waals surface area contributed by atoms with Crippen LogP contribution in [-0.4, -0.2) is 13.8 Å². The standard InChI is InChI=1S/C15H13BrClNO2S/c16-12-7-3-4-8-14(12)21(19,20)18-15-11-6-2-1-5-10(11)9-13(15)17/h1-8,13,15,18H,9H2. The van der Waals surface area contributed by atoms with Crippen molar-refractivity contribution in [2.45, 2.75) is 22.7 Å². The molecule has 0 bridgehead atoms. The maximum atomic E-state index is 12.6. The molecule has 0 spiro atoms. The van der Waals surface area contributed by atoms with Crippen LogP contribution >= 0.6 is 27.5 Å². The summed E-state index contributed by atoms with van der Waals surface area (Å²) < 4.78 is 28.4. The Morgan fingerprint density at radius 3 is 2.52 bits per heavy atom. The Morgan fingerprint density at radius 2 is 1.76 bits per heavy atom. The van der Waals surface area contributed by atoms with Crippen LogP contribution in [0.4, 0.5) is 0 Å². The summed E-state index contributed by atoms with van der Waals surface area (Å²) in [7, 11) is -3.63. The van der Waals surface area contributed by atoms with Crippen LogP contribution in [-0.2, 0) is 16.4 Å². The van der Waals surface area contributed by atoms with Gasteiger partial charge in [0, 0.05) is 4.47 Å². The third-order valence-electron chi connectivity index (χ3n) is 3.58. The molecule has 21 heavy (non-hydrogen) atoms. The van der Waals surface area contributed by atoms with Crippen LogP contribution < -0.4 is 4.72 Å². The minimum atomic E-state index is -3.63. The SMILES string of the molecule is O=S(=O)(NC1c2ccccc2CC1Cl)c1ccccc1Br. The van der Waals surface area contributed by atoms with E-state index in [0.29, 0.717) is 10.9 Å². The molecule has 1 N–H and O–H groups in total. The van der Waals surface area contributed by atoms with Gasteiger partial charge in [-0.15, -0.1) is 11.6 Å². The average Bonchev–Trinajstić information content (AvgIpc) is 2.75. The number of fused-ring (bicyclic) bond motifs is 1. The Balaban J connectivity index is 1.95. The first-order valence-corrected chi connectivity index (χ1v) is 9.19. The van der Waals surface area contributed by atoms with Crippen molar-refractivity contribution in [2.75, 3.05) is 0 Å². The molecule has 3 rings (SSSR count). The summed E-state index contributed by atoms with van der Waals surface area (Å²) in [6, 6.07) is 14.1. The van der Waals surface area contributed by atoms with Gasteiger partial charge in [0.2, 0.25) is 10.0 Å². The van der Waals surface area contributed by atoms with Crippen molar-refractivity contribution in [3.8, 4) is 0 Å². The Bertz CT molecular complexity index is 779. The highest BCUT2D eigenvalue weighted by Gasteiger charge is 2.34. The van der Waals surface area contributed by atoms with Gasteiger partial charge in [0.15, 0.2) is 0 Å². The smallest absolute Gasteiger partial charge is 0.207 e. The van der Waals surface area contributed by atoms with Crippen LogP contribution in [0.15, 0.2) is 57.9 Å². The molecule has 2 aromatic carbocycles. The van der Waals surface area contributed by atoms with Crippen LogP contribution in [0, 0.1) is 0 Å². The molecule has 0 radical (unpaired) electrons. The van der Waals surface area contributed by atoms with Crippen molar-refractivity contribution in [2.24, 2.45) is 0 Å². The first-order chi connectivity index (χ1) is 9.99. The quantitative estimate of drug-likeness (QED) is 0.819. The van der Waals surface area contributed by atoms with Crippen LogP contribution in [0.1, 0.15) is 17.2 Å². The Kier molecular flexibility index (Phi) is 4.10. The van der Waals surface area contributed by atoms with Gasteiger partial charge in [-0.25, -0.2) is 13.1 Å². The maximum Gasteiger partial charge on any atom is 0.242 e. The minimum Gasteiger partial charge on any atom is -0.207 e. The summed E-state index contributed by atoms with van der Waals surface area (Å²) in [5, 5.41) is -0.278. The van der Waals surface area contributed by atoms with Crippen molar-refractivity contribution in [1.82, 2.24) is 4.72 Å². The lowest BCUT2D eigenvalue weighted by Crippen LogP contribution is -2.32. The molecule has 0 saturated heterocycles. The highest BCUT2D eigenvalue weighted by Crippen LogP contribution is 2.36. The van der Waals surface area contributed by atoms with E-state index in [1.807, 2.05) is 24.3 Å².